The number of rotatable bonds is 5. The molecule has 2 atom stereocenters. The lowest BCUT2D eigenvalue weighted by Crippen LogP contribution is -2.64. The first-order valence-corrected chi connectivity index (χ1v) is 8.79. The molecule has 1 heterocycles. The van der Waals surface area contributed by atoms with Crippen molar-refractivity contribution in [3.8, 4) is 0 Å². The van der Waals surface area contributed by atoms with Gasteiger partial charge in [-0.05, 0) is 19.8 Å². The number of primary amides is 1. The summed E-state index contributed by atoms with van der Waals surface area (Å²) in [7, 11) is 0. The standard InChI is InChI=1S/C16H28N4O5/c1-11(12(21)13(17)22)18-14(23)16(5-3-2-4-6-16)19-15(24)20-7-9-25-10-8-20/h11-12,21H,2-10H2,1H3,(H2,17,22)(H,18,23)(H,19,24)/t11?,12-/m0/s1. The molecule has 2 rings (SSSR count). The molecule has 5 N–H and O–H groups in total. The molecule has 25 heavy (non-hydrogen) atoms. The third-order valence-electron chi connectivity index (χ3n) is 4.91. The molecule has 9 heteroatoms. The molecule has 0 radical (unpaired) electrons. The maximum Gasteiger partial charge on any atom is 0.318 e. The Morgan fingerprint density at radius 1 is 1.16 bits per heavy atom. The highest BCUT2D eigenvalue weighted by Crippen LogP contribution is 2.29. The van der Waals surface area contributed by atoms with Gasteiger partial charge < -0.3 is 31.1 Å². The highest BCUT2D eigenvalue weighted by Gasteiger charge is 2.42. The summed E-state index contributed by atoms with van der Waals surface area (Å²) in [5.74, 6) is -1.29. The highest BCUT2D eigenvalue weighted by atomic mass is 16.5. The van der Waals surface area contributed by atoms with Gasteiger partial charge >= 0.3 is 6.03 Å². The smallest absolute Gasteiger partial charge is 0.318 e. The number of nitrogens with zero attached hydrogens (tertiary/aromatic N) is 1. The van der Waals surface area contributed by atoms with Gasteiger partial charge in [0.1, 0.15) is 5.54 Å². The van der Waals surface area contributed by atoms with E-state index in [2.05, 4.69) is 10.6 Å². The zero-order chi connectivity index (χ0) is 18.4. The van der Waals surface area contributed by atoms with Crippen LogP contribution in [0.2, 0.25) is 0 Å². The van der Waals surface area contributed by atoms with Crippen LogP contribution in [0.4, 0.5) is 4.79 Å². The van der Waals surface area contributed by atoms with E-state index in [1.54, 1.807) is 4.90 Å². The van der Waals surface area contributed by atoms with Crippen LogP contribution in [0, 0.1) is 0 Å². The summed E-state index contributed by atoms with van der Waals surface area (Å²) in [5.41, 5.74) is 4.05. The maximum atomic E-state index is 12.8. The predicted octanol–water partition coefficient (Wildman–Crippen LogP) is -0.918. The minimum Gasteiger partial charge on any atom is -0.381 e. The van der Waals surface area contributed by atoms with Crippen LogP contribution in [0.5, 0.6) is 0 Å². The SMILES string of the molecule is CC(NC(=O)C1(NC(=O)N2CCOCC2)CCCCC1)[C@H](O)C(N)=O. The monoisotopic (exact) mass is 356 g/mol. The molecule has 0 aromatic rings. The summed E-state index contributed by atoms with van der Waals surface area (Å²) >= 11 is 0. The fraction of sp³-hybridized carbons (Fsp3) is 0.812. The molecule has 1 unspecified atom stereocenters. The second-order valence-corrected chi connectivity index (χ2v) is 6.78. The molecule has 0 aromatic carbocycles. The van der Waals surface area contributed by atoms with Crippen LogP contribution in [0.1, 0.15) is 39.0 Å². The number of nitrogens with one attached hydrogen (secondary N) is 2. The van der Waals surface area contributed by atoms with Crippen LogP contribution in [0.25, 0.3) is 0 Å². The van der Waals surface area contributed by atoms with E-state index in [1.807, 2.05) is 0 Å². The third kappa shape index (κ3) is 4.82. The van der Waals surface area contributed by atoms with E-state index in [9.17, 15) is 19.5 Å². The van der Waals surface area contributed by atoms with E-state index < -0.39 is 23.6 Å². The average Bonchev–Trinajstić information content (AvgIpc) is 2.62. The Hall–Kier alpha value is -1.87. The van der Waals surface area contributed by atoms with Crippen molar-refractivity contribution in [1.29, 1.82) is 0 Å². The van der Waals surface area contributed by atoms with Crippen molar-refractivity contribution in [2.75, 3.05) is 26.3 Å². The molecule has 2 aliphatic rings. The molecule has 9 nitrogen and oxygen atoms in total. The van der Waals surface area contributed by atoms with E-state index in [-0.39, 0.29) is 11.9 Å². The molecule has 0 aromatic heterocycles. The third-order valence-corrected chi connectivity index (χ3v) is 4.91. The van der Waals surface area contributed by atoms with Gasteiger partial charge in [0.15, 0.2) is 6.10 Å². The maximum absolute atomic E-state index is 12.8. The number of urea groups is 1. The van der Waals surface area contributed by atoms with Crippen LogP contribution in [0.3, 0.4) is 0 Å². The molecular weight excluding hydrogens is 328 g/mol. The largest absolute Gasteiger partial charge is 0.381 e. The normalized spacial score (nSPS) is 22.6. The number of ether oxygens (including phenoxy) is 1. The average molecular weight is 356 g/mol. The van der Waals surface area contributed by atoms with Gasteiger partial charge in [-0.3, -0.25) is 9.59 Å². The van der Waals surface area contributed by atoms with E-state index in [4.69, 9.17) is 10.5 Å². The quantitative estimate of drug-likeness (QED) is 0.505. The summed E-state index contributed by atoms with van der Waals surface area (Å²) in [6.45, 7) is 3.44. The van der Waals surface area contributed by atoms with Crippen molar-refractivity contribution in [2.24, 2.45) is 5.73 Å². The van der Waals surface area contributed by atoms with Gasteiger partial charge in [-0.15, -0.1) is 0 Å². The number of carbonyl (C=O) groups excluding carboxylic acids is 3. The molecule has 142 valence electrons. The fourth-order valence-corrected chi connectivity index (χ4v) is 3.28. The summed E-state index contributed by atoms with van der Waals surface area (Å²) in [6, 6.07) is -1.12. The van der Waals surface area contributed by atoms with Crippen molar-refractivity contribution < 1.29 is 24.2 Å². The van der Waals surface area contributed by atoms with Gasteiger partial charge in [0.2, 0.25) is 11.8 Å². The Bertz CT molecular complexity index is 501. The lowest BCUT2D eigenvalue weighted by Gasteiger charge is -2.39. The first-order valence-electron chi connectivity index (χ1n) is 8.79. The lowest BCUT2D eigenvalue weighted by molar-refractivity contribution is -0.132. The van der Waals surface area contributed by atoms with Crippen molar-refractivity contribution in [3.05, 3.63) is 0 Å². The van der Waals surface area contributed by atoms with E-state index in [1.165, 1.54) is 6.92 Å². The van der Waals surface area contributed by atoms with Crippen LogP contribution < -0.4 is 16.4 Å². The van der Waals surface area contributed by atoms with Gasteiger partial charge in [0.05, 0.1) is 19.3 Å². The lowest BCUT2D eigenvalue weighted by atomic mass is 9.80. The zero-order valence-electron chi connectivity index (χ0n) is 14.6. The number of aliphatic hydroxyl groups is 1. The Kier molecular flexibility index (Phi) is 6.60. The topological polar surface area (TPSA) is 134 Å². The summed E-state index contributed by atoms with van der Waals surface area (Å²) in [5, 5.41) is 15.2. The van der Waals surface area contributed by atoms with Gasteiger partial charge in [0, 0.05) is 13.1 Å². The molecule has 1 aliphatic heterocycles. The van der Waals surface area contributed by atoms with Crippen molar-refractivity contribution in [3.63, 3.8) is 0 Å². The minimum atomic E-state index is -1.47. The van der Waals surface area contributed by atoms with E-state index in [0.29, 0.717) is 39.1 Å². The second-order valence-electron chi connectivity index (χ2n) is 6.78. The summed E-state index contributed by atoms with van der Waals surface area (Å²) in [4.78, 5) is 38.1. The Morgan fingerprint density at radius 2 is 1.76 bits per heavy atom. The highest BCUT2D eigenvalue weighted by molar-refractivity contribution is 5.92. The minimum absolute atomic E-state index is 0.288. The number of nitrogens with two attached hydrogens (primary N) is 1. The number of aliphatic hydroxyl groups excluding tert-OH is 1. The number of morpholine rings is 1. The molecular formula is C16H28N4O5. The number of amides is 4. The van der Waals surface area contributed by atoms with Crippen molar-refractivity contribution in [2.45, 2.75) is 56.7 Å². The van der Waals surface area contributed by atoms with Crippen LogP contribution >= 0.6 is 0 Å². The number of hydrogen-bond donors (Lipinski definition) is 4. The van der Waals surface area contributed by atoms with E-state index in [0.717, 1.165) is 19.3 Å². The molecule has 0 bridgehead atoms. The van der Waals surface area contributed by atoms with Crippen LogP contribution in [0.15, 0.2) is 0 Å². The molecule has 1 saturated carbocycles. The number of hydrogen-bond acceptors (Lipinski definition) is 5. The Morgan fingerprint density at radius 3 is 2.32 bits per heavy atom. The van der Waals surface area contributed by atoms with Gasteiger partial charge in [-0.25, -0.2) is 4.79 Å². The van der Waals surface area contributed by atoms with Crippen LogP contribution in [-0.2, 0) is 14.3 Å². The molecule has 1 aliphatic carbocycles. The summed E-state index contributed by atoms with van der Waals surface area (Å²) in [6.07, 6.45) is 2.22. The molecule has 4 amide bonds. The number of carbonyl (C=O) groups is 3. The van der Waals surface area contributed by atoms with Gasteiger partial charge in [0.25, 0.3) is 0 Å². The molecule has 1 saturated heterocycles. The van der Waals surface area contributed by atoms with Gasteiger partial charge in [-0.2, -0.15) is 0 Å². The summed E-state index contributed by atoms with van der Waals surface area (Å²) < 4.78 is 5.24. The first kappa shape index (κ1) is 19.5. The second kappa shape index (κ2) is 8.48. The van der Waals surface area contributed by atoms with Gasteiger partial charge in [-0.1, -0.05) is 19.3 Å². The zero-order valence-corrected chi connectivity index (χ0v) is 14.6. The molecule has 0 spiro atoms. The van der Waals surface area contributed by atoms with E-state index >= 15 is 0 Å². The van der Waals surface area contributed by atoms with Crippen molar-refractivity contribution >= 4 is 17.8 Å². The Balaban J connectivity index is 2.06. The molecule has 2 fully saturated rings. The predicted molar refractivity (Wildman–Crippen MR) is 89.5 cm³/mol. The fourth-order valence-electron chi connectivity index (χ4n) is 3.28. The van der Waals surface area contributed by atoms with Crippen LogP contribution in [-0.4, -0.2) is 71.8 Å². The Labute approximate surface area is 147 Å². The van der Waals surface area contributed by atoms with Crippen molar-refractivity contribution in [1.82, 2.24) is 15.5 Å². The first-order chi connectivity index (χ1) is 11.9.